The quantitative estimate of drug-likeness (QED) is 0.765. The monoisotopic (exact) mass is 221 g/mol. The van der Waals surface area contributed by atoms with Crippen molar-refractivity contribution < 1.29 is 19.4 Å². The van der Waals surface area contributed by atoms with Crippen LogP contribution in [0.5, 0.6) is 5.75 Å². The third-order valence-electron chi connectivity index (χ3n) is 2.12. The van der Waals surface area contributed by atoms with Crippen molar-refractivity contribution in [3.8, 4) is 11.8 Å². The van der Waals surface area contributed by atoms with Crippen LogP contribution in [0.25, 0.3) is 0 Å². The first-order valence-electron chi connectivity index (χ1n) is 4.48. The van der Waals surface area contributed by atoms with Crippen LogP contribution in [0.2, 0.25) is 0 Å². The van der Waals surface area contributed by atoms with Gasteiger partial charge >= 0.3 is 5.97 Å². The number of aliphatic hydroxyl groups excluding tert-OH is 1. The van der Waals surface area contributed by atoms with E-state index in [1.165, 1.54) is 26.4 Å². The molecule has 0 atom stereocenters. The molecule has 0 aliphatic carbocycles. The van der Waals surface area contributed by atoms with E-state index in [4.69, 9.17) is 15.1 Å². The first-order chi connectivity index (χ1) is 7.67. The van der Waals surface area contributed by atoms with E-state index in [2.05, 4.69) is 4.74 Å². The van der Waals surface area contributed by atoms with E-state index in [-0.39, 0.29) is 23.5 Å². The molecule has 5 nitrogen and oxygen atoms in total. The highest BCUT2D eigenvalue weighted by molar-refractivity contribution is 5.91. The number of hydrogen-bond acceptors (Lipinski definition) is 5. The van der Waals surface area contributed by atoms with E-state index in [0.717, 1.165) is 0 Å². The number of methoxy groups -OCH3 is 2. The van der Waals surface area contributed by atoms with Gasteiger partial charge in [0.15, 0.2) is 0 Å². The highest BCUT2D eigenvalue weighted by Gasteiger charge is 2.15. The van der Waals surface area contributed by atoms with Gasteiger partial charge in [0.05, 0.1) is 32.0 Å². The molecule has 1 N–H and O–H groups in total. The van der Waals surface area contributed by atoms with Crippen LogP contribution in [0.4, 0.5) is 0 Å². The smallest absolute Gasteiger partial charge is 0.338 e. The lowest BCUT2D eigenvalue weighted by atomic mass is 10.0. The maximum absolute atomic E-state index is 11.4. The van der Waals surface area contributed by atoms with Gasteiger partial charge in [-0.15, -0.1) is 0 Å². The van der Waals surface area contributed by atoms with Gasteiger partial charge in [-0.25, -0.2) is 4.79 Å². The SMILES string of the molecule is COC(=O)c1cc(OC)c(C#N)cc1CO. The van der Waals surface area contributed by atoms with E-state index in [0.29, 0.717) is 5.56 Å². The van der Waals surface area contributed by atoms with E-state index < -0.39 is 5.97 Å². The molecule has 1 rings (SSSR count). The van der Waals surface area contributed by atoms with Gasteiger partial charge in [-0.2, -0.15) is 5.26 Å². The molecule has 0 aliphatic heterocycles. The minimum Gasteiger partial charge on any atom is -0.495 e. The highest BCUT2D eigenvalue weighted by Crippen LogP contribution is 2.23. The molecule has 0 unspecified atom stereocenters. The number of ether oxygens (including phenoxy) is 2. The van der Waals surface area contributed by atoms with Crippen LogP contribution in [-0.2, 0) is 11.3 Å². The largest absolute Gasteiger partial charge is 0.495 e. The van der Waals surface area contributed by atoms with Gasteiger partial charge in [-0.3, -0.25) is 0 Å². The minimum absolute atomic E-state index is 0.195. The molecular formula is C11H11NO4. The van der Waals surface area contributed by atoms with E-state index >= 15 is 0 Å². The van der Waals surface area contributed by atoms with Crippen molar-refractivity contribution in [1.29, 1.82) is 5.26 Å². The first kappa shape index (κ1) is 12.0. The summed E-state index contributed by atoms with van der Waals surface area (Å²) in [7, 11) is 2.64. The predicted molar refractivity (Wildman–Crippen MR) is 55.0 cm³/mol. The normalized spacial score (nSPS) is 9.38. The van der Waals surface area contributed by atoms with Crippen molar-refractivity contribution in [2.75, 3.05) is 14.2 Å². The fourth-order valence-corrected chi connectivity index (χ4v) is 1.31. The molecule has 0 spiro atoms. The zero-order valence-electron chi connectivity index (χ0n) is 8.98. The average molecular weight is 221 g/mol. The number of benzene rings is 1. The first-order valence-corrected chi connectivity index (χ1v) is 4.48. The van der Waals surface area contributed by atoms with Crippen LogP contribution in [0.1, 0.15) is 21.5 Å². The molecule has 1 aromatic rings. The Morgan fingerprint density at radius 1 is 1.50 bits per heavy atom. The molecule has 0 aromatic heterocycles. The lowest BCUT2D eigenvalue weighted by Crippen LogP contribution is -2.07. The predicted octanol–water partition coefficient (Wildman–Crippen LogP) is 0.846. The molecule has 0 radical (unpaired) electrons. The van der Waals surface area contributed by atoms with E-state index in [1.54, 1.807) is 0 Å². The summed E-state index contributed by atoms with van der Waals surface area (Å²) in [5.41, 5.74) is 0.796. The molecule has 0 saturated carbocycles. The summed E-state index contributed by atoms with van der Waals surface area (Å²) in [6, 6.07) is 4.71. The second-order valence-corrected chi connectivity index (χ2v) is 2.97. The van der Waals surface area contributed by atoms with Crippen LogP contribution in [-0.4, -0.2) is 25.3 Å². The molecular weight excluding hydrogens is 210 g/mol. The lowest BCUT2D eigenvalue weighted by molar-refractivity contribution is 0.0596. The Morgan fingerprint density at radius 3 is 2.62 bits per heavy atom. The molecule has 1 aromatic carbocycles. The summed E-state index contributed by atoms with van der Waals surface area (Å²) in [6.07, 6.45) is 0. The summed E-state index contributed by atoms with van der Waals surface area (Å²) in [4.78, 5) is 11.4. The van der Waals surface area contributed by atoms with Gasteiger partial charge in [-0.05, 0) is 17.7 Å². The molecule has 0 amide bonds. The van der Waals surface area contributed by atoms with Gasteiger partial charge < -0.3 is 14.6 Å². The minimum atomic E-state index is -0.577. The lowest BCUT2D eigenvalue weighted by Gasteiger charge is -2.09. The van der Waals surface area contributed by atoms with Crippen LogP contribution in [0.3, 0.4) is 0 Å². The summed E-state index contributed by atoms with van der Waals surface area (Å²) in [5.74, 6) is -0.299. The van der Waals surface area contributed by atoms with Crippen LogP contribution < -0.4 is 4.74 Å². The van der Waals surface area contributed by atoms with E-state index in [9.17, 15) is 4.79 Å². The Hall–Kier alpha value is -2.06. The Bertz CT molecular complexity index is 448. The van der Waals surface area contributed by atoms with Gasteiger partial charge in [-0.1, -0.05) is 0 Å². The molecule has 0 heterocycles. The number of esters is 1. The van der Waals surface area contributed by atoms with Gasteiger partial charge in [0.25, 0.3) is 0 Å². The summed E-state index contributed by atoms with van der Waals surface area (Å²) in [6.45, 7) is -0.344. The average Bonchev–Trinajstić information content (AvgIpc) is 2.35. The number of carbonyl (C=O) groups excluding carboxylic acids is 1. The molecule has 5 heteroatoms. The second kappa shape index (κ2) is 5.14. The highest BCUT2D eigenvalue weighted by atomic mass is 16.5. The zero-order chi connectivity index (χ0) is 12.1. The van der Waals surface area contributed by atoms with Crippen molar-refractivity contribution in [3.63, 3.8) is 0 Å². The zero-order valence-corrected chi connectivity index (χ0v) is 8.98. The maximum Gasteiger partial charge on any atom is 0.338 e. The Balaban J connectivity index is 3.38. The van der Waals surface area contributed by atoms with Crippen molar-refractivity contribution in [1.82, 2.24) is 0 Å². The van der Waals surface area contributed by atoms with Gasteiger partial charge in [0.1, 0.15) is 11.8 Å². The molecule has 16 heavy (non-hydrogen) atoms. The molecule has 0 saturated heterocycles. The molecule has 0 aliphatic rings. The van der Waals surface area contributed by atoms with Crippen molar-refractivity contribution in [2.45, 2.75) is 6.61 Å². The molecule has 0 bridgehead atoms. The maximum atomic E-state index is 11.4. The second-order valence-electron chi connectivity index (χ2n) is 2.97. The van der Waals surface area contributed by atoms with Crippen molar-refractivity contribution >= 4 is 5.97 Å². The number of aliphatic hydroxyl groups is 1. The Labute approximate surface area is 92.8 Å². The van der Waals surface area contributed by atoms with Crippen LogP contribution in [0, 0.1) is 11.3 Å². The summed E-state index contributed by atoms with van der Waals surface area (Å²) < 4.78 is 9.52. The number of hydrogen-bond donors (Lipinski definition) is 1. The summed E-state index contributed by atoms with van der Waals surface area (Å²) >= 11 is 0. The Kier molecular flexibility index (Phi) is 3.86. The third-order valence-corrected chi connectivity index (χ3v) is 2.12. The van der Waals surface area contributed by atoms with Crippen LogP contribution in [0.15, 0.2) is 12.1 Å². The standard InChI is InChI=1S/C11H11NO4/c1-15-10-4-9(11(14)16-2)8(6-13)3-7(10)5-12/h3-4,13H,6H2,1-2H3. The fourth-order valence-electron chi connectivity index (χ4n) is 1.31. The third kappa shape index (κ3) is 2.12. The number of rotatable bonds is 3. The topological polar surface area (TPSA) is 79.5 Å². The molecule has 84 valence electrons. The Morgan fingerprint density at radius 2 is 2.19 bits per heavy atom. The van der Waals surface area contributed by atoms with Crippen LogP contribution >= 0.6 is 0 Å². The van der Waals surface area contributed by atoms with Crippen molar-refractivity contribution in [2.24, 2.45) is 0 Å². The molecule has 0 fully saturated rings. The van der Waals surface area contributed by atoms with Gasteiger partial charge in [0.2, 0.25) is 0 Å². The fraction of sp³-hybridized carbons (Fsp3) is 0.273. The number of nitrogens with zero attached hydrogens (tertiary/aromatic N) is 1. The van der Waals surface area contributed by atoms with Crippen molar-refractivity contribution in [3.05, 3.63) is 28.8 Å². The van der Waals surface area contributed by atoms with Gasteiger partial charge in [0, 0.05) is 0 Å². The number of carbonyl (C=O) groups is 1. The van der Waals surface area contributed by atoms with E-state index in [1.807, 2.05) is 6.07 Å². The number of nitriles is 1. The summed E-state index contributed by atoms with van der Waals surface area (Å²) in [5, 5.41) is 17.9.